The van der Waals surface area contributed by atoms with Gasteiger partial charge in [0, 0.05) is 12.0 Å². The number of aliphatic hydroxyl groups is 1. The van der Waals surface area contributed by atoms with Crippen LogP contribution in [0.15, 0.2) is 91.0 Å². The molecule has 5 heteroatoms. The minimum atomic E-state index is -0.759. The third-order valence-electron chi connectivity index (χ3n) is 4.83. The summed E-state index contributed by atoms with van der Waals surface area (Å²) in [5, 5.41) is 15.5. The first kappa shape index (κ1) is 21.3. The van der Waals surface area contributed by atoms with Gasteiger partial charge in [-0.1, -0.05) is 78.9 Å². The van der Waals surface area contributed by atoms with Crippen molar-refractivity contribution in [1.29, 1.82) is 0 Å². The van der Waals surface area contributed by atoms with E-state index in [1.165, 1.54) is 0 Å². The summed E-state index contributed by atoms with van der Waals surface area (Å²) in [6.07, 6.45) is 0.864. The van der Waals surface area contributed by atoms with Gasteiger partial charge < -0.3 is 15.7 Å². The number of hydrogen-bond acceptors (Lipinski definition) is 3. The Bertz CT molecular complexity index is 930. The second-order valence-corrected chi connectivity index (χ2v) is 7.16. The second kappa shape index (κ2) is 10.9. The molecule has 0 heterocycles. The van der Waals surface area contributed by atoms with Crippen LogP contribution in [-0.4, -0.2) is 35.6 Å². The normalized spacial score (nSPS) is 12.6. The molecule has 0 aromatic heterocycles. The van der Waals surface area contributed by atoms with Crippen molar-refractivity contribution in [3.8, 4) is 0 Å². The Morgan fingerprint density at radius 1 is 0.700 bits per heavy atom. The minimum absolute atomic E-state index is 0.189. The van der Waals surface area contributed by atoms with Gasteiger partial charge in [0.25, 0.3) is 5.91 Å². The Morgan fingerprint density at radius 2 is 1.20 bits per heavy atom. The topological polar surface area (TPSA) is 78.4 Å². The number of benzene rings is 3. The minimum Gasteiger partial charge on any atom is -0.394 e. The van der Waals surface area contributed by atoms with Gasteiger partial charge in [-0.2, -0.15) is 0 Å². The molecule has 3 rings (SSSR count). The highest BCUT2D eigenvalue weighted by molar-refractivity contribution is 5.97. The van der Waals surface area contributed by atoms with Gasteiger partial charge in [0.15, 0.2) is 0 Å². The lowest BCUT2D eigenvalue weighted by molar-refractivity contribution is -0.124. The zero-order valence-electron chi connectivity index (χ0n) is 16.7. The van der Waals surface area contributed by atoms with E-state index in [9.17, 15) is 14.7 Å². The predicted octanol–water partition coefficient (Wildman–Crippen LogP) is 2.75. The third-order valence-corrected chi connectivity index (χ3v) is 4.83. The number of amides is 2. The smallest absolute Gasteiger partial charge is 0.251 e. The monoisotopic (exact) mass is 402 g/mol. The van der Waals surface area contributed by atoms with Crippen LogP contribution in [0.3, 0.4) is 0 Å². The van der Waals surface area contributed by atoms with Gasteiger partial charge in [-0.05, 0) is 29.7 Å². The largest absolute Gasteiger partial charge is 0.394 e. The number of carbonyl (C=O) groups is 2. The molecular formula is C25H26N2O3. The summed E-state index contributed by atoms with van der Waals surface area (Å²) in [6.45, 7) is -0.189. The van der Waals surface area contributed by atoms with E-state index in [4.69, 9.17) is 0 Å². The zero-order valence-corrected chi connectivity index (χ0v) is 16.7. The van der Waals surface area contributed by atoms with E-state index in [-0.39, 0.29) is 18.4 Å². The molecule has 0 saturated carbocycles. The Balaban J connectivity index is 1.72. The molecule has 3 aromatic carbocycles. The number of nitrogens with one attached hydrogen (secondary N) is 2. The molecule has 0 unspecified atom stereocenters. The maximum absolute atomic E-state index is 13.0. The van der Waals surface area contributed by atoms with Crippen LogP contribution < -0.4 is 10.6 Å². The van der Waals surface area contributed by atoms with Crippen molar-refractivity contribution in [1.82, 2.24) is 10.6 Å². The van der Waals surface area contributed by atoms with Gasteiger partial charge in [-0.3, -0.25) is 9.59 Å². The summed E-state index contributed by atoms with van der Waals surface area (Å²) in [5.74, 6) is -0.631. The molecule has 154 valence electrons. The summed E-state index contributed by atoms with van der Waals surface area (Å²) >= 11 is 0. The quantitative estimate of drug-likeness (QED) is 0.515. The van der Waals surface area contributed by atoms with E-state index in [0.717, 1.165) is 11.1 Å². The summed E-state index contributed by atoms with van der Waals surface area (Å²) in [6, 6.07) is 26.8. The molecule has 2 atom stereocenters. The fourth-order valence-electron chi connectivity index (χ4n) is 3.25. The molecule has 0 aliphatic carbocycles. The number of hydrogen-bond donors (Lipinski definition) is 3. The zero-order chi connectivity index (χ0) is 21.2. The SMILES string of the molecule is O=C(N[C@@H](Cc1ccccc1)C(=O)N[C@@H](CO)Cc1ccccc1)c1ccccc1. The molecule has 2 amide bonds. The summed E-state index contributed by atoms with van der Waals surface area (Å²) in [7, 11) is 0. The highest BCUT2D eigenvalue weighted by atomic mass is 16.3. The van der Waals surface area contributed by atoms with E-state index < -0.39 is 12.1 Å². The van der Waals surface area contributed by atoms with Crippen LogP contribution in [0.4, 0.5) is 0 Å². The van der Waals surface area contributed by atoms with Crippen LogP contribution in [0.2, 0.25) is 0 Å². The van der Waals surface area contributed by atoms with Gasteiger partial charge in [0.05, 0.1) is 12.6 Å². The predicted molar refractivity (Wildman–Crippen MR) is 117 cm³/mol. The van der Waals surface area contributed by atoms with Gasteiger partial charge in [0.1, 0.15) is 6.04 Å². The van der Waals surface area contributed by atoms with Crippen LogP contribution in [0.1, 0.15) is 21.5 Å². The van der Waals surface area contributed by atoms with Crippen molar-refractivity contribution in [2.45, 2.75) is 24.9 Å². The Kier molecular flexibility index (Phi) is 7.75. The average Bonchev–Trinajstić information content (AvgIpc) is 2.80. The highest BCUT2D eigenvalue weighted by Gasteiger charge is 2.24. The molecule has 0 radical (unpaired) electrons. The molecule has 3 aromatic rings. The standard InChI is InChI=1S/C25H26N2O3/c28-18-22(16-19-10-4-1-5-11-19)26-25(30)23(17-20-12-6-2-7-13-20)27-24(29)21-14-8-3-9-15-21/h1-15,22-23,28H,16-18H2,(H,26,30)(H,27,29)/t22-,23+/m1/s1. The first-order valence-corrected chi connectivity index (χ1v) is 10.0. The maximum Gasteiger partial charge on any atom is 0.251 e. The Labute approximate surface area is 176 Å². The van der Waals surface area contributed by atoms with Crippen molar-refractivity contribution < 1.29 is 14.7 Å². The number of rotatable bonds is 9. The van der Waals surface area contributed by atoms with Crippen molar-refractivity contribution in [2.75, 3.05) is 6.61 Å². The molecular weight excluding hydrogens is 376 g/mol. The fourth-order valence-corrected chi connectivity index (χ4v) is 3.25. The van der Waals surface area contributed by atoms with Crippen LogP contribution in [-0.2, 0) is 17.6 Å². The van der Waals surface area contributed by atoms with Crippen molar-refractivity contribution in [2.24, 2.45) is 0 Å². The van der Waals surface area contributed by atoms with E-state index in [1.54, 1.807) is 24.3 Å². The summed E-state index contributed by atoms with van der Waals surface area (Å²) in [5.41, 5.74) is 2.45. The molecule has 0 bridgehead atoms. The molecule has 0 saturated heterocycles. The van der Waals surface area contributed by atoms with E-state index >= 15 is 0 Å². The average molecular weight is 402 g/mol. The Morgan fingerprint density at radius 3 is 1.73 bits per heavy atom. The first-order chi connectivity index (χ1) is 14.7. The fraction of sp³-hybridized carbons (Fsp3) is 0.200. The van der Waals surface area contributed by atoms with Crippen LogP contribution in [0.5, 0.6) is 0 Å². The number of aliphatic hydroxyl groups excluding tert-OH is 1. The van der Waals surface area contributed by atoms with Crippen LogP contribution >= 0.6 is 0 Å². The molecule has 0 aliphatic heterocycles. The Hall–Kier alpha value is -3.44. The highest BCUT2D eigenvalue weighted by Crippen LogP contribution is 2.08. The molecule has 0 aliphatic rings. The lowest BCUT2D eigenvalue weighted by Crippen LogP contribution is -2.52. The van der Waals surface area contributed by atoms with E-state index in [0.29, 0.717) is 18.4 Å². The van der Waals surface area contributed by atoms with Crippen LogP contribution in [0, 0.1) is 0 Å². The lowest BCUT2D eigenvalue weighted by atomic mass is 10.0. The van der Waals surface area contributed by atoms with Crippen molar-refractivity contribution in [3.63, 3.8) is 0 Å². The molecule has 30 heavy (non-hydrogen) atoms. The van der Waals surface area contributed by atoms with Crippen molar-refractivity contribution in [3.05, 3.63) is 108 Å². The van der Waals surface area contributed by atoms with Crippen LogP contribution in [0.25, 0.3) is 0 Å². The second-order valence-electron chi connectivity index (χ2n) is 7.16. The van der Waals surface area contributed by atoms with Gasteiger partial charge in [0.2, 0.25) is 5.91 Å². The van der Waals surface area contributed by atoms with Gasteiger partial charge >= 0.3 is 0 Å². The first-order valence-electron chi connectivity index (χ1n) is 10.0. The third kappa shape index (κ3) is 6.29. The lowest BCUT2D eigenvalue weighted by Gasteiger charge is -2.23. The summed E-state index contributed by atoms with van der Waals surface area (Å²) < 4.78 is 0. The maximum atomic E-state index is 13.0. The molecule has 0 fully saturated rings. The molecule has 5 nitrogen and oxygen atoms in total. The van der Waals surface area contributed by atoms with Gasteiger partial charge in [-0.15, -0.1) is 0 Å². The van der Waals surface area contributed by atoms with E-state index in [1.807, 2.05) is 66.7 Å². The van der Waals surface area contributed by atoms with Crippen molar-refractivity contribution >= 4 is 11.8 Å². The molecule has 3 N–H and O–H groups in total. The summed E-state index contributed by atoms with van der Waals surface area (Å²) in [4.78, 5) is 25.7. The van der Waals surface area contributed by atoms with E-state index in [2.05, 4.69) is 10.6 Å². The van der Waals surface area contributed by atoms with Gasteiger partial charge in [-0.25, -0.2) is 0 Å². The number of carbonyl (C=O) groups excluding carboxylic acids is 2. The molecule has 0 spiro atoms.